The Morgan fingerprint density at radius 2 is 2.06 bits per heavy atom. The lowest BCUT2D eigenvalue weighted by Gasteiger charge is -2.29. The molecule has 2 N–H and O–H groups in total. The van der Waals surface area contributed by atoms with E-state index in [1.807, 2.05) is 6.92 Å². The highest BCUT2D eigenvalue weighted by Gasteiger charge is 2.20. The highest BCUT2D eigenvalue weighted by Crippen LogP contribution is 2.26. The zero-order chi connectivity index (χ0) is 12.4. The summed E-state index contributed by atoms with van der Waals surface area (Å²) in [5.41, 5.74) is 6.53. The van der Waals surface area contributed by atoms with Crippen molar-refractivity contribution in [3.8, 4) is 0 Å². The normalized spacial score (nSPS) is 16.0. The van der Waals surface area contributed by atoms with Gasteiger partial charge < -0.3 is 10.6 Å². The first-order valence-corrected chi connectivity index (χ1v) is 6.19. The summed E-state index contributed by atoms with van der Waals surface area (Å²) in [5, 5.41) is 0.486. The number of rotatable bonds is 2. The van der Waals surface area contributed by atoms with Gasteiger partial charge in [0.2, 0.25) is 0 Å². The highest BCUT2D eigenvalue weighted by atomic mass is 35.5. The van der Waals surface area contributed by atoms with Crippen LogP contribution < -0.4 is 10.6 Å². The van der Waals surface area contributed by atoms with Gasteiger partial charge in [0, 0.05) is 13.1 Å². The Morgan fingerprint density at radius 1 is 1.41 bits per heavy atom. The fourth-order valence-electron chi connectivity index (χ4n) is 2.10. The van der Waals surface area contributed by atoms with Crippen molar-refractivity contribution in [2.75, 3.05) is 18.0 Å². The van der Waals surface area contributed by atoms with Gasteiger partial charge in [-0.05, 0) is 32.3 Å². The van der Waals surface area contributed by atoms with Gasteiger partial charge in [-0.3, -0.25) is 4.79 Å². The third-order valence-electron chi connectivity index (χ3n) is 3.05. The van der Waals surface area contributed by atoms with E-state index in [0.29, 0.717) is 16.4 Å². The molecule has 17 heavy (non-hydrogen) atoms. The summed E-state index contributed by atoms with van der Waals surface area (Å²) in [5.74, 6) is 0.207. The van der Waals surface area contributed by atoms with E-state index in [1.54, 1.807) is 6.07 Å². The summed E-state index contributed by atoms with van der Waals surface area (Å²) < 4.78 is 0. The molecule has 0 bridgehead atoms. The van der Waals surface area contributed by atoms with Crippen LogP contribution in [0.4, 0.5) is 5.82 Å². The van der Waals surface area contributed by atoms with Crippen LogP contribution in [0.3, 0.4) is 0 Å². The van der Waals surface area contributed by atoms with E-state index in [-0.39, 0.29) is 0 Å². The van der Waals surface area contributed by atoms with Gasteiger partial charge in [-0.15, -0.1) is 0 Å². The van der Waals surface area contributed by atoms with Crippen LogP contribution in [0.5, 0.6) is 0 Å². The number of primary amides is 1. The number of hydrogen-bond donors (Lipinski definition) is 1. The van der Waals surface area contributed by atoms with Crippen molar-refractivity contribution < 1.29 is 4.79 Å². The molecule has 2 rings (SSSR count). The number of pyridine rings is 1. The Labute approximate surface area is 106 Å². The molecule has 0 saturated carbocycles. The number of carbonyl (C=O) groups excluding carboxylic acids is 1. The smallest absolute Gasteiger partial charge is 0.252 e. The maximum absolute atomic E-state index is 11.4. The predicted molar refractivity (Wildman–Crippen MR) is 68.6 cm³/mol. The van der Waals surface area contributed by atoms with Gasteiger partial charge in [0.05, 0.1) is 16.3 Å². The largest absolute Gasteiger partial charge is 0.365 e. The van der Waals surface area contributed by atoms with E-state index < -0.39 is 5.91 Å². The maximum Gasteiger partial charge on any atom is 0.252 e. The average molecular weight is 254 g/mol. The minimum Gasteiger partial charge on any atom is -0.365 e. The molecule has 1 fully saturated rings. The number of nitrogens with two attached hydrogens (primary N) is 1. The zero-order valence-corrected chi connectivity index (χ0v) is 10.6. The molecule has 1 aliphatic heterocycles. The van der Waals surface area contributed by atoms with Crippen molar-refractivity contribution in [1.82, 2.24) is 4.98 Å². The fraction of sp³-hybridized carbons (Fsp3) is 0.500. The van der Waals surface area contributed by atoms with Gasteiger partial charge >= 0.3 is 0 Å². The second-order valence-electron chi connectivity index (χ2n) is 4.34. The van der Waals surface area contributed by atoms with Gasteiger partial charge in [-0.25, -0.2) is 4.98 Å². The van der Waals surface area contributed by atoms with E-state index in [4.69, 9.17) is 17.3 Å². The first-order valence-electron chi connectivity index (χ1n) is 5.81. The summed E-state index contributed by atoms with van der Waals surface area (Å²) in [7, 11) is 0. The van der Waals surface area contributed by atoms with E-state index in [9.17, 15) is 4.79 Å². The third-order valence-corrected chi connectivity index (χ3v) is 3.43. The first-order chi connectivity index (χ1) is 8.09. The molecule has 4 nitrogen and oxygen atoms in total. The number of aryl methyl sites for hydroxylation is 1. The number of amides is 1. The number of aromatic nitrogens is 1. The molecule has 2 heterocycles. The molecule has 1 amide bonds. The SMILES string of the molecule is Cc1nc(N2CCCCC2)c(C(N)=O)cc1Cl. The van der Waals surface area contributed by atoms with Crippen LogP contribution >= 0.6 is 11.6 Å². The summed E-state index contributed by atoms with van der Waals surface area (Å²) in [6.45, 7) is 3.68. The van der Waals surface area contributed by atoms with Gasteiger partial charge in [-0.2, -0.15) is 0 Å². The lowest BCUT2D eigenvalue weighted by molar-refractivity contribution is 0.100. The molecule has 0 atom stereocenters. The molecule has 1 aliphatic rings. The Balaban J connectivity index is 2.42. The number of halogens is 1. The predicted octanol–water partition coefficient (Wildman–Crippen LogP) is 2.13. The Bertz CT molecular complexity index is 442. The van der Waals surface area contributed by atoms with Crippen LogP contribution in [-0.2, 0) is 0 Å². The number of hydrogen-bond acceptors (Lipinski definition) is 3. The highest BCUT2D eigenvalue weighted by molar-refractivity contribution is 6.31. The first kappa shape index (κ1) is 12.2. The van der Waals surface area contributed by atoms with Crippen LogP contribution in [0.25, 0.3) is 0 Å². The molecule has 1 saturated heterocycles. The summed E-state index contributed by atoms with van der Waals surface area (Å²) in [6, 6.07) is 1.62. The average Bonchev–Trinajstić information content (AvgIpc) is 2.33. The fourth-order valence-corrected chi connectivity index (χ4v) is 2.25. The number of anilines is 1. The van der Waals surface area contributed by atoms with E-state index in [0.717, 1.165) is 31.6 Å². The van der Waals surface area contributed by atoms with Crippen molar-refractivity contribution in [1.29, 1.82) is 0 Å². The van der Waals surface area contributed by atoms with Gasteiger partial charge in [0.15, 0.2) is 0 Å². The quantitative estimate of drug-likeness (QED) is 0.878. The molecule has 0 radical (unpaired) electrons. The van der Waals surface area contributed by atoms with Crippen molar-refractivity contribution >= 4 is 23.3 Å². The Hall–Kier alpha value is -1.29. The van der Waals surface area contributed by atoms with Crippen molar-refractivity contribution in [3.05, 3.63) is 22.3 Å². The Kier molecular flexibility index (Phi) is 3.52. The standard InChI is InChI=1S/C12H16ClN3O/c1-8-10(13)7-9(11(14)17)12(15-8)16-5-3-2-4-6-16/h7H,2-6H2,1H3,(H2,14,17). The van der Waals surface area contributed by atoms with Crippen molar-refractivity contribution in [2.24, 2.45) is 5.73 Å². The van der Waals surface area contributed by atoms with E-state index >= 15 is 0 Å². The minimum absolute atomic E-state index is 0.419. The van der Waals surface area contributed by atoms with Crippen LogP contribution in [0.1, 0.15) is 35.3 Å². The van der Waals surface area contributed by atoms with E-state index in [2.05, 4.69) is 9.88 Å². The maximum atomic E-state index is 11.4. The van der Waals surface area contributed by atoms with E-state index in [1.165, 1.54) is 6.42 Å². The van der Waals surface area contributed by atoms with Crippen LogP contribution in [0.2, 0.25) is 5.02 Å². The molecule has 0 aromatic carbocycles. The van der Waals surface area contributed by atoms with Crippen LogP contribution in [0, 0.1) is 6.92 Å². The summed E-state index contributed by atoms with van der Waals surface area (Å²) in [6.07, 6.45) is 3.48. The second kappa shape index (κ2) is 4.92. The van der Waals surface area contributed by atoms with Crippen LogP contribution in [0.15, 0.2) is 6.07 Å². The van der Waals surface area contributed by atoms with Crippen molar-refractivity contribution in [2.45, 2.75) is 26.2 Å². The lowest BCUT2D eigenvalue weighted by Crippen LogP contribution is -2.32. The van der Waals surface area contributed by atoms with Gasteiger partial charge in [0.25, 0.3) is 5.91 Å². The summed E-state index contributed by atoms with van der Waals surface area (Å²) >= 11 is 5.98. The molecule has 1 aromatic heterocycles. The second-order valence-corrected chi connectivity index (χ2v) is 4.75. The molecule has 92 valence electrons. The lowest BCUT2D eigenvalue weighted by atomic mass is 10.1. The molecular weight excluding hydrogens is 238 g/mol. The molecule has 1 aromatic rings. The molecule has 5 heteroatoms. The topological polar surface area (TPSA) is 59.2 Å². The number of nitrogens with zero attached hydrogens (tertiary/aromatic N) is 2. The summed E-state index contributed by atoms with van der Waals surface area (Å²) in [4.78, 5) is 18.0. The minimum atomic E-state index is -0.472. The molecular formula is C12H16ClN3O. The molecule has 0 spiro atoms. The third kappa shape index (κ3) is 2.52. The van der Waals surface area contributed by atoms with Crippen LogP contribution in [-0.4, -0.2) is 24.0 Å². The number of carbonyl (C=O) groups is 1. The van der Waals surface area contributed by atoms with Crippen molar-refractivity contribution in [3.63, 3.8) is 0 Å². The molecule has 0 aliphatic carbocycles. The molecule has 0 unspecified atom stereocenters. The Morgan fingerprint density at radius 3 is 2.65 bits per heavy atom. The van der Waals surface area contributed by atoms with Gasteiger partial charge in [0.1, 0.15) is 5.82 Å². The number of piperidine rings is 1. The zero-order valence-electron chi connectivity index (χ0n) is 9.87. The van der Waals surface area contributed by atoms with Gasteiger partial charge in [-0.1, -0.05) is 11.6 Å². The monoisotopic (exact) mass is 253 g/mol.